The Hall–Kier alpha value is -2.31. The van der Waals surface area contributed by atoms with Crippen molar-refractivity contribution in [3.05, 3.63) is 28.7 Å². The molecule has 1 atom stereocenters. The van der Waals surface area contributed by atoms with Crippen LogP contribution < -0.4 is 4.74 Å². The molecular formula is C17H25N5O2. The van der Waals surface area contributed by atoms with E-state index in [9.17, 15) is 4.79 Å². The molecule has 0 N–H and O–H groups in total. The third-order valence-electron chi connectivity index (χ3n) is 4.68. The maximum absolute atomic E-state index is 13.1. The van der Waals surface area contributed by atoms with E-state index in [1.54, 1.807) is 16.5 Å². The van der Waals surface area contributed by atoms with Crippen molar-refractivity contribution >= 4 is 5.91 Å². The fourth-order valence-electron chi connectivity index (χ4n) is 3.69. The number of aromatic nitrogens is 4. The first-order valence-corrected chi connectivity index (χ1v) is 8.40. The Balaban J connectivity index is 1.98. The first kappa shape index (κ1) is 16.5. The van der Waals surface area contributed by atoms with Crippen LogP contribution in [0, 0.1) is 13.8 Å². The summed E-state index contributed by atoms with van der Waals surface area (Å²) in [6.45, 7) is 7.31. The van der Waals surface area contributed by atoms with Gasteiger partial charge in [0.15, 0.2) is 0 Å². The van der Waals surface area contributed by atoms with E-state index in [-0.39, 0.29) is 11.9 Å². The Morgan fingerprint density at radius 1 is 1.38 bits per heavy atom. The lowest BCUT2D eigenvalue weighted by atomic mass is 10.0. The van der Waals surface area contributed by atoms with Gasteiger partial charge in [-0.15, -0.1) is 0 Å². The Morgan fingerprint density at radius 2 is 2.12 bits per heavy atom. The zero-order chi connectivity index (χ0) is 17.4. The molecule has 130 valence electrons. The van der Waals surface area contributed by atoms with Gasteiger partial charge >= 0.3 is 0 Å². The average molecular weight is 331 g/mol. The minimum absolute atomic E-state index is 0.00154. The Bertz CT molecular complexity index is 761. The number of hydrogen-bond acceptors (Lipinski definition) is 4. The average Bonchev–Trinajstić information content (AvgIpc) is 3.23. The van der Waals surface area contributed by atoms with Gasteiger partial charge in [-0.1, -0.05) is 0 Å². The van der Waals surface area contributed by atoms with E-state index in [1.807, 2.05) is 38.8 Å². The van der Waals surface area contributed by atoms with Crippen molar-refractivity contribution in [3.8, 4) is 5.88 Å². The molecule has 3 heterocycles. The van der Waals surface area contributed by atoms with E-state index in [0.29, 0.717) is 12.2 Å². The van der Waals surface area contributed by atoms with Crippen LogP contribution in [0.5, 0.6) is 5.88 Å². The highest BCUT2D eigenvalue weighted by molar-refractivity contribution is 5.93. The number of amides is 1. The topological polar surface area (TPSA) is 65.2 Å². The monoisotopic (exact) mass is 331 g/mol. The maximum atomic E-state index is 13.1. The smallest absolute Gasteiger partial charge is 0.272 e. The summed E-state index contributed by atoms with van der Waals surface area (Å²) < 4.78 is 9.06. The molecule has 1 unspecified atom stereocenters. The minimum atomic E-state index is 0.00154. The Labute approximate surface area is 142 Å². The molecule has 1 aliphatic rings. The van der Waals surface area contributed by atoms with Crippen molar-refractivity contribution in [3.63, 3.8) is 0 Å². The Kier molecular flexibility index (Phi) is 4.34. The van der Waals surface area contributed by atoms with Crippen LogP contribution in [-0.4, -0.2) is 44.0 Å². The summed E-state index contributed by atoms with van der Waals surface area (Å²) in [7, 11) is 3.52. The van der Waals surface area contributed by atoms with Crippen molar-refractivity contribution in [1.29, 1.82) is 0 Å². The van der Waals surface area contributed by atoms with Crippen LogP contribution in [0.2, 0.25) is 0 Å². The van der Waals surface area contributed by atoms with Crippen LogP contribution in [0.3, 0.4) is 0 Å². The fourth-order valence-corrected chi connectivity index (χ4v) is 3.69. The molecular weight excluding hydrogens is 306 g/mol. The molecule has 7 nitrogen and oxygen atoms in total. The van der Waals surface area contributed by atoms with E-state index < -0.39 is 0 Å². The van der Waals surface area contributed by atoms with Crippen LogP contribution in [-0.2, 0) is 13.6 Å². The van der Waals surface area contributed by atoms with Crippen molar-refractivity contribution < 1.29 is 9.53 Å². The highest BCUT2D eigenvalue weighted by Crippen LogP contribution is 2.39. The van der Waals surface area contributed by atoms with E-state index in [4.69, 9.17) is 4.74 Å². The molecule has 24 heavy (non-hydrogen) atoms. The third kappa shape index (κ3) is 2.57. The predicted molar refractivity (Wildman–Crippen MR) is 90.1 cm³/mol. The number of hydrogen-bond donors (Lipinski definition) is 0. The molecule has 0 bridgehead atoms. The summed E-state index contributed by atoms with van der Waals surface area (Å²) in [5.74, 6) is 0.766. The normalized spacial score (nSPS) is 17.5. The van der Waals surface area contributed by atoms with Gasteiger partial charge in [-0.25, -0.2) is 4.68 Å². The van der Waals surface area contributed by atoms with Crippen molar-refractivity contribution in [1.82, 2.24) is 24.5 Å². The lowest BCUT2D eigenvalue weighted by Crippen LogP contribution is -2.32. The van der Waals surface area contributed by atoms with E-state index in [2.05, 4.69) is 10.2 Å². The van der Waals surface area contributed by atoms with Crippen LogP contribution in [0.25, 0.3) is 0 Å². The number of likely N-dealkylation sites (tertiary alicyclic amines) is 1. The van der Waals surface area contributed by atoms with Crippen molar-refractivity contribution in [2.45, 2.75) is 46.2 Å². The molecule has 0 aromatic carbocycles. The van der Waals surface area contributed by atoms with Crippen molar-refractivity contribution in [2.24, 2.45) is 7.05 Å². The summed E-state index contributed by atoms with van der Waals surface area (Å²) in [6.07, 6.45) is 1.90. The summed E-state index contributed by atoms with van der Waals surface area (Å²) >= 11 is 0. The summed E-state index contributed by atoms with van der Waals surface area (Å²) in [4.78, 5) is 15.1. The molecule has 1 aliphatic heterocycles. The molecule has 1 saturated heterocycles. The number of nitrogens with zero attached hydrogens (tertiary/aromatic N) is 5. The highest BCUT2D eigenvalue weighted by atomic mass is 16.5. The van der Waals surface area contributed by atoms with Gasteiger partial charge in [0.2, 0.25) is 5.88 Å². The number of ether oxygens (including phenoxy) is 1. The predicted octanol–water partition coefficient (Wildman–Crippen LogP) is 2.24. The van der Waals surface area contributed by atoms with E-state index in [0.717, 1.165) is 42.2 Å². The van der Waals surface area contributed by atoms with Gasteiger partial charge in [-0.3, -0.25) is 9.48 Å². The second kappa shape index (κ2) is 6.30. The molecule has 2 aromatic rings. The van der Waals surface area contributed by atoms with Crippen LogP contribution in [0.15, 0.2) is 6.07 Å². The number of aryl methyl sites for hydroxylation is 4. The third-order valence-corrected chi connectivity index (χ3v) is 4.68. The van der Waals surface area contributed by atoms with Gasteiger partial charge < -0.3 is 9.64 Å². The largest absolute Gasteiger partial charge is 0.481 e. The number of rotatable bonds is 4. The van der Waals surface area contributed by atoms with Crippen molar-refractivity contribution in [2.75, 3.05) is 13.7 Å². The lowest BCUT2D eigenvalue weighted by molar-refractivity contribution is 0.0721. The lowest BCUT2D eigenvalue weighted by Gasteiger charge is -2.25. The highest BCUT2D eigenvalue weighted by Gasteiger charge is 2.36. The van der Waals surface area contributed by atoms with Gasteiger partial charge in [-0.05, 0) is 39.7 Å². The van der Waals surface area contributed by atoms with Crippen LogP contribution >= 0.6 is 0 Å². The summed E-state index contributed by atoms with van der Waals surface area (Å²) in [6, 6.07) is 1.87. The van der Waals surface area contributed by atoms with Gasteiger partial charge in [-0.2, -0.15) is 10.2 Å². The minimum Gasteiger partial charge on any atom is -0.481 e. The quantitative estimate of drug-likeness (QED) is 0.862. The number of carbonyl (C=O) groups excluding carboxylic acids is 1. The first-order chi connectivity index (χ1) is 11.5. The molecule has 0 radical (unpaired) electrons. The number of carbonyl (C=O) groups is 1. The van der Waals surface area contributed by atoms with Gasteiger partial charge in [0, 0.05) is 20.1 Å². The zero-order valence-electron chi connectivity index (χ0n) is 15.0. The fraction of sp³-hybridized carbons (Fsp3) is 0.588. The van der Waals surface area contributed by atoms with E-state index >= 15 is 0 Å². The summed E-state index contributed by atoms with van der Waals surface area (Å²) in [5.41, 5.74) is 3.46. The van der Waals surface area contributed by atoms with Gasteiger partial charge in [0.25, 0.3) is 5.91 Å². The van der Waals surface area contributed by atoms with E-state index in [1.165, 1.54) is 0 Å². The zero-order valence-corrected chi connectivity index (χ0v) is 15.0. The molecule has 0 spiro atoms. The molecule has 3 rings (SSSR count). The summed E-state index contributed by atoms with van der Waals surface area (Å²) in [5, 5.41) is 8.87. The van der Waals surface area contributed by atoms with Gasteiger partial charge in [0.1, 0.15) is 5.69 Å². The molecule has 7 heteroatoms. The van der Waals surface area contributed by atoms with Crippen LogP contribution in [0.4, 0.5) is 0 Å². The second-order valence-electron chi connectivity index (χ2n) is 6.28. The molecule has 2 aromatic heterocycles. The molecule has 0 saturated carbocycles. The van der Waals surface area contributed by atoms with Gasteiger partial charge in [0.05, 0.1) is 30.1 Å². The molecule has 1 amide bonds. The SMILES string of the molecule is CCn1nc(C)cc1C(=O)N1CCCC1c1c(C)nn(C)c1OC. The molecule has 0 aliphatic carbocycles. The van der Waals surface area contributed by atoms with Crippen LogP contribution in [0.1, 0.15) is 53.2 Å². The number of methoxy groups -OCH3 is 1. The standard InChI is InChI=1S/C17H25N5O2/c1-6-22-14(10-11(2)18-22)16(23)21-9-7-8-13(21)15-12(3)19-20(4)17(15)24-5/h10,13H,6-9H2,1-5H3. The first-order valence-electron chi connectivity index (χ1n) is 8.40. The molecule has 1 fully saturated rings. The second-order valence-corrected chi connectivity index (χ2v) is 6.28. The Morgan fingerprint density at radius 3 is 2.79 bits per heavy atom. The maximum Gasteiger partial charge on any atom is 0.272 e.